The van der Waals surface area contributed by atoms with Gasteiger partial charge in [0, 0.05) is 5.56 Å². The molecular weight excluding hydrogens is 413 g/mol. The summed E-state index contributed by atoms with van der Waals surface area (Å²) < 4.78 is 38.5. The highest BCUT2D eigenvalue weighted by atomic mass is 32.2. The van der Waals surface area contributed by atoms with Gasteiger partial charge < -0.3 is 5.32 Å². The van der Waals surface area contributed by atoms with Gasteiger partial charge in [-0.3, -0.25) is 4.79 Å². The van der Waals surface area contributed by atoms with Crippen LogP contribution >= 0.6 is 0 Å². The molecule has 0 spiro atoms. The third-order valence-electron chi connectivity index (χ3n) is 5.88. The summed E-state index contributed by atoms with van der Waals surface area (Å²) in [5.74, 6) is -0.647. The van der Waals surface area contributed by atoms with Gasteiger partial charge in [0.05, 0.1) is 16.2 Å². The quantitative estimate of drug-likeness (QED) is 0.590. The van der Waals surface area contributed by atoms with Gasteiger partial charge in [0.15, 0.2) is 9.84 Å². The molecule has 4 nitrogen and oxygen atoms in total. The molecule has 31 heavy (non-hydrogen) atoms. The number of hydrogen-bond acceptors (Lipinski definition) is 3. The minimum Gasteiger partial charge on any atom is -0.343 e. The Morgan fingerprint density at radius 3 is 2.10 bits per heavy atom. The predicted molar refractivity (Wildman–Crippen MR) is 118 cm³/mol. The van der Waals surface area contributed by atoms with Crippen LogP contribution in [0.1, 0.15) is 47.2 Å². The van der Waals surface area contributed by atoms with Gasteiger partial charge in [-0.25, -0.2) is 12.8 Å². The summed E-state index contributed by atoms with van der Waals surface area (Å²) in [7, 11) is -3.45. The van der Waals surface area contributed by atoms with Gasteiger partial charge in [-0.2, -0.15) is 0 Å². The molecule has 0 radical (unpaired) electrons. The lowest BCUT2D eigenvalue weighted by atomic mass is 9.87. The molecule has 0 heterocycles. The number of carbonyl (C=O) groups excluding carboxylic acids is 1. The lowest BCUT2D eigenvalue weighted by Gasteiger charge is -2.31. The van der Waals surface area contributed by atoms with Crippen molar-refractivity contribution in [2.45, 2.75) is 41.9 Å². The zero-order chi connectivity index (χ0) is 21.9. The van der Waals surface area contributed by atoms with Crippen molar-refractivity contribution in [2.24, 2.45) is 0 Å². The average Bonchev–Trinajstić information content (AvgIpc) is 3.24. The molecule has 0 atom stereocenters. The molecule has 3 aromatic carbocycles. The zero-order valence-corrected chi connectivity index (χ0v) is 17.9. The van der Waals surface area contributed by atoms with Gasteiger partial charge >= 0.3 is 0 Å². The summed E-state index contributed by atoms with van der Waals surface area (Å²) in [6.07, 6.45) is 3.59. The van der Waals surface area contributed by atoms with Crippen LogP contribution in [0.4, 0.5) is 4.39 Å². The summed E-state index contributed by atoms with van der Waals surface area (Å²) in [6, 6.07) is 21.3. The summed E-state index contributed by atoms with van der Waals surface area (Å²) in [4.78, 5) is 13.2. The van der Waals surface area contributed by atoms with Crippen LogP contribution in [0.15, 0.2) is 83.8 Å². The van der Waals surface area contributed by atoms with E-state index in [1.54, 1.807) is 66.7 Å². The number of sulfone groups is 1. The maximum Gasteiger partial charge on any atom is 0.251 e. The first-order valence-electron chi connectivity index (χ1n) is 10.3. The van der Waals surface area contributed by atoms with E-state index >= 15 is 0 Å². The Hall–Kier alpha value is -2.99. The first-order chi connectivity index (χ1) is 14.9. The van der Waals surface area contributed by atoms with Crippen LogP contribution in [0.5, 0.6) is 0 Å². The summed E-state index contributed by atoms with van der Waals surface area (Å²) in [6.45, 7) is 0. The molecule has 0 unspecified atom stereocenters. The molecule has 4 rings (SSSR count). The fourth-order valence-corrected chi connectivity index (χ4v) is 5.58. The monoisotopic (exact) mass is 437 g/mol. The Balaban J connectivity index is 1.50. The standard InChI is InChI=1S/C25H24FNO3S/c26-22-14-12-21(13-15-22)25(16-4-5-17-25)27-24(28)20-10-8-19(9-11-20)18-31(29,30)23-6-2-1-3-7-23/h1-3,6-15H,4-5,16-18H2,(H,27,28). The van der Waals surface area contributed by atoms with Crippen molar-refractivity contribution in [2.75, 3.05) is 0 Å². The van der Waals surface area contributed by atoms with Crippen molar-refractivity contribution in [3.05, 3.63) is 101 Å². The van der Waals surface area contributed by atoms with Gasteiger partial charge in [0.25, 0.3) is 5.91 Å². The number of rotatable bonds is 6. The van der Waals surface area contributed by atoms with Crippen molar-refractivity contribution in [1.82, 2.24) is 5.32 Å². The molecule has 1 aliphatic carbocycles. The molecule has 0 saturated heterocycles. The second-order valence-corrected chi connectivity index (χ2v) is 10.0. The summed E-state index contributed by atoms with van der Waals surface area (Å²) >= 11 is 0. The van der Waals surface area contributed by atoms with Gasteiger partial charge in [-0.15, -0.1) is 0 Å². The fourth-order valence-electron chi connectivity index (χ4n) is 4.21. The number of halogens is 1. The Morgan fingerprint density at radius 2 is 1.48 bits per heavy atom. The minimum atomic E-state index is -3.45. The summed E-state index contributed by atoms with van der Waals surface area (Å²) in [5, 5.41) is 3.16. The van der Waals surface area contributed by atoms with Crippen LogP contribution in [0.3, 0.4) is 0 Å². The second-order valence-electron chi connectivity index (χ2n) is 8.02. The first kappa shape index (κ1) is 21.2. The highest BCUT2D eigenvalue weighted by Gasteiger charge is 2.37. The van der Waals surface area contributed by atoms with E-state index in [0.29, 0.717) is 11.1 Å². The lowest BCUT2D eigenvalue weighted by Crippen LogP contribution is -2.43. The second kappa shape index (κ2) is 8.63. The third kappa shape index (κ3) is 4.69. The number of amides is 1. The van der Waals surface area contributed by atoms with Gasteiger partial charge in [-0.05, 0) is 60.4 Å². The molecule has 1 fully saturated rings. The van der Waals surface area contributed by atoms with Gasteiger partial charge in [0.2, 0.25) is 0 Å². The van der Waals surface area contributed by atoms with Crippen LogP contribution in [0.25, 0.3) is 0 Å². The number of hydrogen-bond donors (Lipinski definition) is 1. The fraction of sp³-hybridized carbons (Fsp3) is 0.240. The number of nitrogens with one attached hydrogen (secondary N) is 1. The maximum absolute atomic E-state index is 13.4. The average molecular weight is 438 g/mol. The number of carbonyl (C=O) groups is 1. The van der Waals surface area contributed by atoms with E-state index in [-0.39, 0.29) is 22.4 Å². The highest BCUT2D eigenvalue weighted by Crippen LogP contribution is 2.39. The minimum absolute atomic E-state index is 0.127. The third-order valence-corrected chi connectivity index (χ3v) is 7.59. The molecule has 1 saturated carbocycles. The SMILES string of the molecule is O=C(NC1(c2ccc(F)cc2)CCCC1)c1ccc(CS(=O)(=O)c2ccccc2)cc1. The molecule has 3 aromatic rings. The van der Waals surface area contributed by atoms with E-state index in [4.69, 9.17) is 0 Å². The van der Waals surface area contributed by atoms with Crippen LogP contribution in [0.2, 0.25) is 0 Å². The topological polar surface area (TPSA) is 63.2 Å². The van der Waals surface area contributed by atoms with Crippen molar-refractivity contribution in [3.63, 3.8) is 0 Å². The van der Waals surface area contributed by atoms with Crippen molar-refractivity contribution in [3.8, 4) is 0 Å². The molecule has 160 valence electrons. The molecule has 1 N–H and O–H groups in total. The predicted octanol–water partition coefficient (Wildman–Crippen LogP) is 5.00. The van der Waals surface area contributed by atoms with E-state index in [9.17, 15) is 17.6 Å². The molecule has 0 aliphatic heterocycles. The largest absolute Gasteiger partial charge is 0.343 e. The highest BCUT2D eigenvalue weighted by molar-refractivity contribution is 7.90. The Bertz CT molecular complexity index is 1150. The van der Waals surface area contributed by atoms with E-state index in [0.717, 1.165) is 31.2 Å². The number of benzene rings is 3. The van der Waals surface area contributed by atoms with Gasteiger partial charge in [0.1, 0.15) is 5.82 Å². The van der Waals surface area contributed by atoms with Gasteiger partial charge in [-0.1, -0.05) is 55.3 Å². The Morgan fingerprint density at radius 1 is 0.871 bits per heavy atom. The molecule has 0 bridgehead atoms. The lowest BCUT2D eigenvalue weighted by molar-refractivity contribution is 0.0898. The maximum atomic E-state index is 13.4. The van der Waals surface area contributed by atoms with E-state index in [1.807, 2.05) is 0 Å². The van der Waals surface area contributed by atoms with Crippen molar-refractivity contribution >= 4 is 15.7 Å². The Kier molecular flexibility index (Phi) is 5.92. The Labute approximate surface area is 182 Å². The van der Waals surface area contributed by atoms with Crippen molar-refractivity contribution in [1.29, 1.82) is 0 Å². The molecule has 1 amide bonds. The van der Waals surface area contributed by atoms with E-state index < -0.39 is 15.4 Å². The first-order valence-corrected chi connectivity index (χ1v) is 12.0. The summed E-state index contributed by atoms with van der Waals surface area (Å²) in [5.41, 5.74) is 1.49. The van der Waals surface area contributed by atoms with Crippen LogP contribution < -0.4 is 5.32 Å². The smallest absolute Gasteiger partial charge is 0.251 e. The van der Waals surface area contributed by atoms with E-state index in [1.165, 1.54) is 12.1 Å². The van der Waals surface area contributed by atoms with Crippen LogP contribution in [-0.2, 0) is 21.1 Å². The van der Waals surface area contributed by atoms with Crippen LogP contribution in [0, 0.1) is 5.82 Å². The molecule has 1 aliphatic rings. The van der Waals surface area contributed by atoms with Crippen molar-refractivity contribution < 1.29 is 17.6 Å². The molecule has 6 heteroatoms. The molecule has 0 aromatic heterocycles. The van der Waals surface area contributed by atoms with E-state index in [2.05, 4.69) is 5.32 Å². The zero-order valence-electron chi connectivity index (χ0n) is 17.1. The van der Waals surface area contributed by atoms with Crippen LogP contribution in [-0.4, -0.2) is 14.3 Å². The normalized spacial score (nSPS) is 15.5. The molecular formula is C25H24FNO3S.